The Morgan fingerprint density at radius 3 is 1.77 bits per heavy atom. The van der Waals surface area contributed by atoms with Crippen LogP contribution in [0.1, 0.15) is 104 Å². The third kappa shape index (κ3) is 14.4. The van der Waals surface area contributed by atoms with Crippen LogP contribution in [0.15, 0.2) is 0 Å². The van der Waals surface area contributed by atoms with E-state index in [0.717, 1.165) is 19.3 Å². The van der Waals surface area contributed by atoms with E-state index in [1.54, 1.807) is 0 Å². The van der Waals surface area contributed by atoms with Gasteiger partial charge in [0, 0.05) is 6.42 Å². The van der Waals surface area contributed by atoms with Crippen LogP contribution in [-0.2, 0) is 9.53 Å². The van der Waals surface area contributed by atoms with Crippen molar-refractivity contribution in [2.24, 2.45) is 5.73 Å². The second kappa shape index (κ2) is 16.8. The Kier molecular flexibility index (Phi) is 16.4. The van der Waals surface area contributed by atoms with Crippen LogP contribution in [-0.4, -0.2) is 18.6 Å². The maximum absolute atomic E-state index is 11.8. The summed E-state index contributed by atoms with van der Waals surface area (Å²) in [5, 5.41) is 0. The summed E-state index contributed by atoms with van der Waals surface area (Å²) in [7, 11) is 0. The van der Waals surface area contributed by atoms with Crippen LogP contribution in [0, 0.1) is 0 Å². The maximum Gasteiger partial charge on any atom is 0.306 e. The maximum atomic E-state index is 11.8. The summed E-state index contributed by atoms with van der Waals surface area (Å²) in [5.41, 5.74) is 5.45. The van der Waals surface area contributed by atoms with E-state index in [1.807, 2.05) is 0 Å². The van der Waals surface area contributed by atoms with Crippen LogP contribution in [0.25, 0.3) is 0 Å². The first kappa shape index (κ1) is 21.4. The van der Waals surface area contributed by atoms with Gasteiger partial charge in [0.1, 0.15) is 6.10 Å². The number of esters is 1. The van der Waals surface area contributed by atoms with Gasteiger partial charge in [-0.25, -0.2) is 0 Å². The molecule has 132 valence electrons. The van der Waals surface area contributed by atoms with Crippen molar-refractivity contribution >= 4 is 5.97 Å². The summed E-state index contributed by atoms with van der Waals surface area (Å²) < 4.78 is 5.67. The quantitative estimate of drug-likeness (QED) is 0.308. The lowest BCUT2D eigenvalue weighted by molar-refractivity contribution is -0.150. The molecule has 0 aromatic carbocycles. The highest BCUT2D eigenvalue weighted by molar-refractivity contribution is 5.69. The van der Waals surface area contributed by atoms with E-state index in [-0.39, 0.29) is 12.1 Å². The smallest absolute Gasteiger partial charge is 0.306 e. The van der Waals surface area contributed by atoms with Crippen molar-refractivity contribution in [3.63, 3.8) is 0 Å². The van der Waals surface area contributed by atoms with Crippen molar-refractivity contribution in [3.05, 3.63) is 0 Å². The van der Waals surface area contributed by atoms with Gasteiger partial charge in [0.15, 0.2) is 0 Å². The van der Waals surface area contributed by atoms with Gasteiger partial charge in [-0.05, 0) is 38.6 Å². The number of unbranched alkanes of at least 4 members (excludes halogenated alkanes) is 8. The Labute approximate surface area is 138 Å². The first-order chi connectivity index (χ1) is 10.7. The van der Waals surface area contributed by atoms with Gasteiger partial charge in [0.25, 0.3) is 0 Å². The van der Waals surface area contributed by atoms with E-state index in [0.29, 0.717) is 13.0 Å². The molecule has 0 amide bonds. The number of nitrogens with two attached hydrogens (primary N) is 1. The fourth-order valence-corrected chi connectivity index (χ4v) is 2.70. The Balaban J connectivity index is 3.93. The van der Waals surface area contributed by atoms with Gasteiger partial charge >= 0.3 is 5.97 Å². The third-order valence-corrected chi connectivity index (χ3v) is 4.14. The minimum atomic E-state index is -0.0578. The Hall–Kier alpha value is -0.570. The first-order valence-electron chi connectivity index (χ1n) is 9.64. The van der Waals surface area contributed by atoms with E-state index >= 15 is 0 Å². The highest BCUT2D eigenvalue weighted by Gasteiger charge is 2.13. The molecule has 0 spiro atoms. The zero-order valence-electron chi connectivity index (χ0n) is 15.1. The molecule has 22 heavy (non-hydrogen) atoms. The summed E-state index contributed by atoms with van der Waals surface area (Å²) >= 11 is 0. The van der Waals surface area contributed by atoms with Crippen molar-refractivity contribution in [2.75, 3.05) is 6.54 Å². The Morgan fingerprint density at radius 2 is 1.32 bits per heavy atom. The second-order valence-electron chi connectivity index (χ2n) is 6.41. The van der Waals surface area contributed by atoms with Crippen LogP contribution >= 0.6 is 0 Å². The fourth-order valence-electron chi connectivity index (χ4n) is 2.70. The predicted molar refractivity (Wildman–Crippen MR) is 94.9 cm³/mol. The lowest BCUT2D eigenvalue weighted by Gasteiger charge is -2.18. The molecule has 0 aromatic rings. The van der Waals surface area contributed by atoms with Gasteiger partial charge < -0.3 is 10.5 Å². The Morgan fingerprint density at radius 1 is 0.818 bits per heavy atom. The number of ether oxygens (including phenoxy) is 1. The largest absolute Gasteiger partial charge is 0.462 e. The van der Waals surface area contributed by atoms with Crippen molar-refractivity contribution < 1.29 is 9.53 Å². The van der Waals surface area contributed by atoms with E-state index in [4.69, 9.17) is 10.5 Å². The monoisotopic (exact) mass is 313 g/mol. The normalized spacial score (nSPS) is 11.1. The molecule has 0 saturated carbocycles. The first-order valence-corrected chi connectivity index (χ1v) is 9.64. The molecule has 0 aromatic heterocycles. The van der Waals surface area contributed by atoms with Gasteiger partial charge in [-0.1, -0.05) is 65.2 Å². The number of rotatable bonds is 16. The summed E-state index contributed by atoms with van der Waals surface area (Å²) in [6.45, 7) is 5.03. The zero-order chi connectivity index (χ0) is 16.5. The number of carbonyl (C=O) groups excluding carboxylic acids is 1. The van der Waals surface area contributed by atoms with Gasteiger partial charge in [0.2, 0.25) is 0 Å². The molecule has 0 rings (SSSR count). The number of carbonyl (C=O) groups is 1. The molecule has 0 bridgehead atoms. The predicted octanol–water partition coefficient (Wildman–Crippen LogP) is 5.36. The van der Waals surface area contributed by atoms with E-state index in [2.05, 4.69) is 13.8 Å². The molecule has 0 aliphatic rings. The average Bonchev–Trinajstić information content (AvgIpc) is 2.52. The number of hydrogen-bond donors (Lipinski definition) is 1. The van der Waals surface area contributed by atoms with Gasteiger partial charge in [-0.3, -0.25) is 4.79 Å². The van der Waals surface area contributed by atoms with Gasteiger partial charge in [0.05, 0.1) is 0 Å². The molecule has 0 aliphatic carbocycles. The highest BCUT2D eigenvalue weighted by Crippen LogP contribution is 2.17. The molecular formula is C19H39NO2. The van der Waals surface area contributed by atoms with E-state index in [9.17, 15) is 4.79 Å². The summed E-state index contributed by atoms with van der Waals surface area (Å²) in [4.78, 5) is 11.8. The van der Waals surface area contributed by atoms with Gasteiger partial charge in [-0.15, -0.1) is 0 Å². The van der Waals surface area contributed by atoms with Crippen molar-refractivity contribution in [1.29, 1.82) is 0 Å². The molecule has 0 atom stereocenters. The number of hydrogen-bond acceptors (Lipinski definition) is 3. The topological polar surface area (TPSA) is 52.3 Å². The molecule has 0 heterocycles. The SMILES string of the molecule is CCCCCCCC(CCCCCCC)OC(=O)CCCN. The minimum Gasteiger partial charge on any atom is -0.462 e. The molecule has 0 unspecified atom stereocenters. The molecule has 3 nitrogen and oxygen atoms in total. The van der Waals surface area contributed by atoms with Crippen LogP contribution in [0.4, 0.5) is 0 Å². The van der Waals surface area contributed by atoms with Crippen LogP contribution < -0.4 is 5.73 Å². The minimum absolute atomic E-state index is 0.0578. The summed E-state index contributed by atoms with van der Waals surface area (Å²) in [5.74, 6) is -0.0578. The van der Waals surface area contributed by atoms with Crippen LogP contribution in [0.5, 0.6) is 0 Å². The highest BCUT2D eigenvalue weighted by atomic mass is 16.5. The molecule has 0 aliphatic heterocycles. The van der Waals surface area contributed by atoms with Crippen molar-refractivity contribution in [3.8, 4) is 0 Å². The molecule has 0 saturated heterocycles. The van der Waals surface area contributed by atoms with E-state index in [1.165, 1.54) is 64.2 Å². The molecule has 2 N–H and O–H groups in total. The summed E-state index contributed by atoms with van der Waals surface area (Å²) in [6.07, 6.45) is 16.1. The molecule has 3 heteroatoms. The zero-order valence-corrected chi connectivity index (χ0v) is 15.1. The molecule has 0 fully saturated rings. The van der Waals surface area contributed by atoms with Crippen LogP contribution in [0.3, 0.4) is 0 Å². The second-order valence-corrected chi connectivity index (χ2v) is 6.41. The Bertz CT molecular complexity index is 230. The standard InChI is InChI=1S/C19H39NO2/c1-3-5-7-9-11-14-18(15-12-10-8-6-4-2)22-19(21)16-13-17-20/h18H,3-17,20H2,1-2H3. The van der Waals surface area contributed by atoms with Crippen molar-refractivity contribution in [1.82, 2.24) is 0 Å². The van der Waals surface area contributed by atoms with Crippen molar-refractivity contribution in [2.45, 2.75) is 110 Å². The van der Waals surface area contributed by atoms with Crippen LogP contribution in [0.2, 0.25) is 0 Å². The third-order valence-electron chi connectivity index (χ3n) is 4.14. The van der Waals surface area contributed by atoms with Gasteiger partial charge in [-0.2, -0.15) is 0 Å². The molecule has 0 radical (unpaired) electrons. The fraction of sp³-hybridized carbons (Fsp3) is 0.947. The molecular weight excluding hydrogens is 274 g/mol. The average molecular weight is 314 g/mol. The lowest BCUT2D eigenvalue weighted by Crippen LogP contribution is -2.19. The lowest BCUT2D eigenvalue weighted by atomic mass is 10.0. The summed E-state index contributed by atoms with van der Waals surface area (Å²) in [6, 6.07) is 0. The van der Waals surface area contributed by atoms with E-state index < -0.39 is 0 Å².